The van der Waals surface area contributed by atoms with Crippen molar-refractivity contribution in [2.24, 2.45) is 0 Å². The third kappa shape index (κ3) is 6.32. The summed E-state index contributed by atoms with van der Waals surface area (Å²) in [6.07, 6.45) is 21.2. The van der Waals surface area contributed by atoms with Gasteiger partial charge in [0.05, 0.1) is 0 Å². The summed E-state index contributed by atoms with van der Waals surface area (Å²) in [7, 11) is 1.61. The molecule has 0 amide bonds. The van der Waals surface area contributed by atoms with Gasteiger partial charge in [0.1, 0.15) is 0 Å². The first-order valence-corrected chi connectivity index (χ1v) is 12.2. The molecule has 120 valence electrons. The molecule has 1 unspecified atom stereocenters. The third-order valence-corrected chi connectivity index (χ3v) is 11.4. The van der Waals surface area contributed by atoms with Gasteiger partial charge in [-0.15, -0.1) is 8.58 Å². The van der Waals surface area contributed by atoms with Crippen molar-refractivity contribution in [3.63, 3.8) is 0 Å². The highest BCUT2D eigenvalue weighted by atomic mass is 31.2. The van der Waals surface area contributed by atoms with E-state index in [9.17, 15) is 0 Å². The summed E-state index contributed by atoms with van der Waals surface area (Å²) in [5.74, 6) is 0. The second kappa shape index (κ2) is 11.4. The fourth-order valence-electron chi connectivity index (χ4n) is 3.48. The van der Waals surface area contributed by atoms with E-state index in [4.69, 9.17) is 0 Å². The van der Waals surface area contributed by atoms with Gasteiger partial charge in [0, 0.05) is 4.90 Å². The predicted molar refractivity (Wildman–Crippen MR) is 100 cm³/mol. The topological polar surface area (TPSA) is 0 Å². The Morgan fingerprint density at radius 3 is 1.85 bits per heavy atom. The Hall–Kier alpha value is 0.860. The summed E-state index contributed by atoms with van der Waals surface area (Å²) in [5.41, 5.74) is 0. The quantitative estimate of drug-likeness (QED) is 0.279. The summed E-state index contributed by atoms with van der Waals surface area (Å²) >= 11 is 0. The molecule has 1 aliphatic rings. The van der Waals surface area contributed by atoms with E-state index in [2.05, 4.69) is 20.8 Å². The molecule has 0 saturated heterocycles. The minimum Gasteiger partial charge on any atom is -0.111 e. The highest BCUT2D eigenvalue weighted by Gasteiger charge is 2.37. The fraction of sp³-hybridized carbons (Fsp3) is 1.00. The van der Waals surface area contributed by atoms with E-state index < -0.39 is 0 Å². The monoisotopic (exact) mass is 316 g/mol. The lowest BCUT2D eigenvalue weighted by Crippen LogP contribution is -2.27. The first-order valence-electron chi connectivity index (χ1n) is 9.29. The van der Waals surface area contributed by atoms with Crippen molar-refractivity contribution in [1.29, 1.82) is 0 Å². The molecule has 0 heterocycles. The zero-order valence-electron chi connectivity index (χ0n) is 14.3. The predicted octanol–water partition coefficient (Wildman–Crippen LogP) is 7.21. The van der Waals surface area contributed by atoms with Crippen LogP contribution in [0.2, 0.25) is 0 Å². The van der Waals surface area contributed by atoms with Crippen LogP contribution in [0.25, 0.3) is 0 Å². The van der Waals surface area contributed by atoms with E-state index in [-0.39, 0.29) is 0 Å². The van der Waals surface area contributed by atoms with Gasteiger partial charge in [0.2, 0.25) is 0 Å². The maximum Gasteiger partial charge on any atom is 0.00778 e. The van der Waals surface area contributed by atoms with Crippen LogP contribution >= 0.6 is 16.5 Å². The van der Waals surface area contributed by atoms with Crippen molar-refractivity contribution in [3.05, 3.63) is 0 Å². The Balaban J connectivity index is 2.67. The summed E-state index contributed by atoms with van der Waals surface area (Å²) < 4.78 is 0. The first-order chi connectivity index (χ1) is 9.79. The van der Waals surface area contributed by atoms with Gasteiger partial charge in [-0.2, -0.15) is 0 Å². The van der Waals surface area contributed by atoms with E-state index in [0.717, 1.165) is 4.90 Å². The highest BCUT2D eigenvalue weighted by molar-refractivity contribution is 7.70. The normalized spacial score (nSPS) is 19.2. The molecular weight excluding hydrogens is 278 g/mol. The Kier molecular flexibility index (Phi) is 10.8. The van der Waals surface area contributed by atoms with Crippen LogP contribution in [0.1, 0.15) is 91.4 Å². The van der Waals surface area contributed by atoms with Crippen molar-refractivity contribution in [2.45, 2.75) is 96.3 Å². The van der Waals surface area contributed by atoms with Crippen LogP contribution in [0.5, 0.6) is 0 Å². The first kappa shape index (κ1) is 18.9. The molecule has 0 bridgehead atoms. The second-order valence-corrected chi connectivity index (χ2v) is 11.6. The van der Waals surface area contributed by atoms with Gasteiger partial charge in [-0.25, -0.2) is 0 Å². The average Bonchev–Trinajstić information content (AvgIpc) is 2.48. The Morgan fingerprint density at radius 2 is 1.35 bits per heavy atom. The molecule has 1 aliphatic carbocycles. The van der Waals surface area contributed by atoms with E-state index in [1.165, 1.54) is 72.5 Å². The number of hydrogen-bond acceptors (Lipinski definition) is 0. The van der Waals surface area contributed by atoms with E-state index in [0.29, 0.717) is 7.92 Å². The van der Waals surface area contributed by atoms with Gasteiger partial charge in [0.25, 0.3) is 0 Å². The standard InChI is InChI=1S/C18H38P2/c1-4-7-15-19-18(13-11-10-12-14-18)20(16-8-5-2)17-9-6-3/h19H,4-17H2,1-3H3. The van der Waals surface area contributed by atoms with E-state index in [1.54, 1.807) is 25.2 Å². The van der Waals surface area contributed by atoms with Crippen LogP contribution in [0.4, 0.5) is 0 Å². The second-order valence-electron chi connectivity index (χ2n) is 6.57. The van der Waals surface area contributed by atoms with Crippen molar-refractivity contribution >= 4 is 16.5 Å². The van der Waals surface area contributed by atoms with Gasteiger partial charge >= 0.3 is 0 Å². The molecule has 0 aromatic heterocycles. The van der Waals surface area contributed by atoms with Crippen LogP contribution in [0, 0.1) is 0 Å². The lowest BCUT2D eigenvalue weighted by atomic mass is 9.99. The van der Waals surface area contributed by atoms with E-state index in [1.807, 2.05) is 0 Å². The molecule has 1 fully saturated rings. The van der Waals surface area contributed by atoms with Gasteiger partial charge in [-0.05, 0) is 50.6 Å². The van der Waals surface area contributed by atoms with Gasteiger partial charge in [-0.1, -0.05) is 67.2 Å². The summed E-state index contributed by atoms with van der Waals surface area (Å²) in [4.78, 5) is 0.840. The molecule has 1 rings (SSSR count). The molecule has 0 N–H and O–H groups in total. The highest BCUT2D eigenvalue weighted by Crippen LogP contribution is 2.65. The molecule has 0 spiro atoms. The van der Waals surface area contributed by atoms with Crippen LogP contribution in [-0.2, 0) is 0 Å². The fourth-order valence-corrected chi connectivity index (χ4v) is 10.5. The SMILES string of the molecule is CCCCPC1(P(CCCC)CCCC)CCCCC1. The van der Waals surface area contributed by atoms with Crippen LogP contribution in [-0.4, -0.2) is 23.4 Å². The number of hydrogen-bond donors (Lipinski definition) is 0. The minimum atomic E-state index is 0.321. The molecule has 1 atom stereocenters. The molecule has 0 aliphatic heterocycles. The van der Waals surface area contributed by atoms with E-state index >= 15 is 0 Å². The Bertz CT molecular complexity index is 213. The molecule has 20 heavy (non-hydrogen) atoms. The Labute approximate surface area is 131 Å². The third-order valence-electron chi connectivity index (χ3n) is 4.83. The van der Waals surface area contributed by atoms with Crippen molar-refractivity contribution < 1.29 is 0 Å². The van der Waals surface area contributed by atoms with Crippen LogP contribution < -0.4 is 0 Å². The number of rotatable bonds is 11. The molecule has 0 aromatic carbocycles. The number of unbranched alkanes of at least 4 members (excludes halogenated alkanes) is 3. The van der Waals surface area contributed by atoms with Crippen molar-refractivity contribution in [1.82, 2.24) is 0 Å². The summed E-state index contributed by atoms with van der Waals surface area (Å²) in [6.45, 7) is 7.11. The van der Waals surface area contributed by atoms with Gasteiger partial charge < -0.3 is 0 Å². The smallest absolute Gasteiger partial charge is 0.00778 e. The summed E-state index contributed by atoms with van der Waals surface area (Å²) in [5, 5.41) is 0. The summed E-state index contributed by atoms with van der Waals surface area (Å²) in [6, 6.07) is 0. The van der Waals surface area contributed by atoms with Gasteiger partial charge in [0.15, 0.2) is 0 Å². The lowest BCUT2D eigenvalue weighted by Gasteiger charge is -2.45. The Morgan fingerprint density at radius 1 is 0.800 bits per heavy atom. The molecule has 0 aromatic rings. The molecule has 1 saturated carbocycles. The minimum absolute atomic E-state index is 0.321. The average molecular weight is 316 g/mol. The molecule has 0 radical (unpaired) electrons. The molecule has 2 heteroatoms. The van der Waals surface area contributed by atoms with Gasteiger partial charge in [-0.3, -0.25) is 0 Å². The largest absolute Gasteiger partial charge is 0.111 e. The zero-order chi connectivity index (χ0) is 14.7. The zero-order valence-corrected chi connectivity index (χ0v) is 16.2. The van der Waals surface area contributed by atoms with Crippen molar-refractivity contribution in [3.8, 4) is 0 Å². The van der Waals surface area contributed by atoms with Crippen LogP contribution in [0.3, 0.4) is 0 Å². The maximum atomic E-state index is 2.38. The molecule has 0 nitrogen and oxygen atoms in total. The maximum absolute atomic E-state index is 2.38. The lowest BCUT2D eigenvalue weighted by molar-refractivity contribution is 0.479. The van der Waals surface area contributed by atoms with Crippen LogP contribution in [0.15, 0.2) is 0 Å². The molecular formula is C18H38P2. The van der Waals surface area contributed by atoms with Crippen molar-refractivity contribution in [2.75, 3.05) is 18.5 Å².